The molecule has 0 saturated heterocycles. The van der Waals surface area contributed by atoms with Crippen LogP contribution in [-0.4, -0.2) is 18.7 Å². The van der Waals surface area contributed by atoms with Crippen molar-refractivity contribution in [3.05, 3.63) is 114 Å². The van der Waals surface area contributed by atoms with E-state index in [1.54, 1.807) is 13.8 Å². The summed E-state index contributed by atoms with van der Waals surface area (Å²) in [5, 5.41) is 1.12. The molecule has 36 heavy (non-hydrogen) atoms. The van der Waals surface area contributed by atoms with Crippen molar-refractivity contribution in [1.82, 2.24) is 0 Å². The molecule has 1 atom stereocenters. The number of hydrogen-bond donors (Lipinski definition) is 0. The standard InChI is InChI=1S/C32H28O4/c1-3-34-32(33)22(2)35-27-19-17-25(18-20-27)24-13-15-26(16-14-24)31-28-11-7-8-12-29(28)36-30(31)21-23-9-5-4-6-10-23/h4-20,22H,3,21H2,1-2H3. The molecule has 0 bridgehead atoms. The molecular formula is C32H28O4. The van der Waals surface area contributed by atoms with Crippen LogP contribution in [0, 0.1) is 0 Å². The molecule has 1 heterocycles. The predicted molar refractivity (Wildman–Crippen MR) is 143 cm³/mol. The number of carbonyl (C=O) groups is 1. The zero-order valence-electron chi connectivity index (χ0n) is 20.4. The number of benzene rings is 4. The first-order valence-electron chi connectivity index (χ1n) is 12.2. The van der Waals surface area contributed by atoms with E-state index in [0.717, 1.165) is 45.4 Å². The molecule has 5 rings (SSSR count). The van der Waals surface area contributed by atoms with Gasteiger partial charge in [0.15, 0.2) is 6.10 Å². The Morgan fingerprint density at radius 1 is 0.778 bits per heavy atom. The van der Waals surface area contributed by atoms with Gasteiger partial charge < -0.3 is 13.9 Å². The van der Waals surface area contributed by atoms with Crippen molar-refractivity contribution in [2.75, 3.05) is 6.61 Å². The lowest BCUT2D eigenvalue weighted by Gasteiger charge is -2.13. The summed E-state index contributed by atoms with van der Waals surface area (Å²) in [6, 6.07) is 34.9. The van der Waals surface area contributed by atoms with Gasteiger partial charge in [0.05, 0.1) is 6.61 Å². The van der Waals surface area contributed by atoms with Crippen LogP contribution in [-0.2, 0) is 16.0 Å². The minimum absolute atomic E-state index is 0.337. The quantitative estimate of drug-likeness (QED) is 0.215. The third-order valence-electron chi connectivity index (χ3n) is 6.17. The molecule has 1 unspecified atom stereocenters. The highest BCUT2D eigenvalue weighted by Gasteiger charge is 2.17. The molecule has 180 valence electrons. The number of para-hydroxylation sites is 1. The van der Waals surface area contributed by atoms with Crippen LogP contribution in [0.15, 0.2) is 108 Å². The van der Waals surface area contributed by atoms with Crippen molar-refractivity contribution < 1.29 is 18.7 Å². The van der Waals surface area contributed by atoms with Crippen LogP contribution in [0.5, 0.6) is 5.75 Å². The third-order valence-corrected chi connectivity index (χ3v) is 6.17. The smallest absolute Gasteiger partial charge is 0.347 e. The predicted octanol–water partition coefficient (Wildman–Crippen LogP) is 7.69. The summed E-state index contributed by atoms with van der Waals surface area (Å²) in [7, 11) is 0. The zero-order chi connectivity index (χ0) is 24.9. The third kappa shape index (κ3) is 5.03. The molecule has 5 aromatic rings. The van der Waals surface area contributed by atoms with E-state index in [9.17, 15) is 4.79 Å². The Balaban J connectivity index is 1.40. The summed E-state index contributed by atoms with van der Waals surface area (Å²) in [5.41, 5.74) is 6.54. The molecule has 0 aliphatic rings. The fourth-order valence-corrected chi connectivity index (χ4v) is 4.39. The Morgan fingerprint density at radius 2 is 1.39 bits per heavy atom. The molecule has 0 aliphatic carbocycles. The second-order valence-electron chi connectivity index (χ2n) is 8.67. The Bertz CT molecular complexity index is 1450. The average molecular weight is 477 g/mol. The monoisotopic (exact) mass is 476 g/mol. The van der Waals surface area contributed by atoms with Gasteiger partial charge in [-0.15, -0.1) is 0 Å². The van der Waals surface area contributed by atoms with E-state index in [4.69, 9.17) is 13.9 Å². The molecule has 0 amide bonds. The van der Waals surface area contributed by atoms with Crippen LogP contribution in [0.25, 0.3) is 33.2 Å². The lowest BCUT2D eigenvalue weighted by molar-refractivity contribution is -0.150. The van der Waals surface area contributed by atoms with Crippen molar-refractivity contribution in [3.8, 4) is 28.0 Å². The Labute approximate surface area is 211 Å². The summed E-state index contributed by atoms with van der Waals surface area (Å²) in [6.45, 7) is 3.81. The second kappa shape index (κ2) is 10.5. The van der Waals surface area contributed by atoms with Gasteiger partial charge >= 0.3 is 5.97 Å². The van der Waals surface area contributed by atoms with Crippen LogP contribution in [0.4, 0.5) is 0 Å². The van der Waals surface area contributed by atoms with E-state index in [1.807, 2.05) is 42.5 Å². The molecule has 0 fully saturated rings. The summed E-state index contributed by atoms with van der Waals surface area (Å²) in [4.78, 5) is 11.8. The second-order valence-corrected chi connectivity index (χ2v) is 8.67. The lowest BCUT2D eigenvalue weighted by atomic mass is 9.96. The van der Waals surface area contributed by atoms with Crippen molar-refractivity contribution in [2.45, 2.75) is 26.4 Å². The first-order chi connectivity index (χ1) is 17.6. The molecule has 0 aliphatic heterocycles. The summed E-state index contributed by atoms with van der Waals surface area (Å²) in [6.07, 6.45) is 0.0862. The number of rotatable bonds is 8. The van der Waals surface area contributed by atoms with E-state index >= 15 is 0 Å². The Morgan fingerprint density at radius 3 is 2.08 bits per heavy atom. The normalized spacial score (nSPS) is 11.8. The number of esters is 1. The summed E-state index contributed by atoms with van der Waals surface area (Å²) >= 11 is 0. The van der Waals surface area contributed by atoms with E-state index in [-0.39, 0.29) is 5.97 Å². The van der Waals surface area contributed by atoms with E-state index in [1.165, 1.54) is 5.56 Å². The molecule has 0 saturated carbocycles. The highest BCUT2D eigenvalue weighted by molar-refractivity contribution is 5.96. The fraction of sp³-hybridized carbons (Fsp3) is 0.156. The van der Waals surface area contributed by atoms with Gasteiger partial charge in [0.25, 0.3) is 0 Å². The number of fused-ring (bicyclic) bond motifs is 1. The van der Waals surface area contributed by atoms with Crippen molar-refractivity contribution in [1.29, 1.82) is 0 Å². The topological polar surface area (TPSA) is 48.7 Å². The highest BCUT2D eigenvalue weighted by atomic mass is 16.6. The molecule has 1 aromatic heterocycles. The van der Waals surface area contributed by atoms with Gasteiger partial charge in [-0.3, -0.25) is 0 Å². The first-order valence-corrected chi connectivity index (χ1v) is 12.2. The number of furan rings is 1. The first kappa shape index (κ1) is 23.4. The van der Waals surface area contributed by atoms with Crippen molar-refractivity contribution in [3.63, 3.8) is 0 Å². The van der Waals surface area contributed by atoms with Gasteiger partial charge in [0, 0.05) is 17.4 Å². The van der Waals surface area contributed by atoms with E-state index in [2.05, 4.69) is 60.7 Å². The van der Waals surface area contributed by atoms with Gasteiger partial charge in [-0.1, -0.05) is 84.9 Å². The number of carbonyl (C=O) groups excluding carboxylic acids is 1. The van der Waals surface area contributed by atoms with Gasteiger partial charge in [0.2, 0.25) is 0 Å². The molecule has 4 heteroatoms. The number of hydrogen-bond acceptors (Lipinski definition) is 4. The minimum atomic E-state index is -0.648. The van der Waals surface area contributed by atoms with Crippen LogP contribution in [0.1, 0.15) is 25.2 Å². The summed E-state index contributed by atoms with van der Waals surface area (Å²) < 4.78 is 17.0. The molecule has 4 nitrogen and oxygen atoms in total. The molecule has 0 radical (unpaired) electrons. The number of ether oxygens (including phenoxy) is 2. The summed E-state index contributed by atoms with van der Waals surface area (Å²) in [5.74, 6) is 1.23. The average Bonchev–Trinajstić information content (AvgIpc) is 3.27. The lowest BCUT2D eigenvalue weighted by Crippen LogP contribution is -2.25. The maximum absolute atomic E-state index is 11.8. The van der Waals surface area contributed by atoms with Crippen molar-refractivity contribution in [2.24, 2.45) is 0 Å². The maximum Gasteiger partial charge on any atom is 0.347 e. The molecule has 0 N–H and O–H groups in total. The molecular weight excluding hydrogens is 448 g/mol. The van der Waals surface area contributed by atoms with E-state index in [0.29, 0.717) is 12.4 Å². The van der Waals surface area contributed by atoms with E-state index < -0.39 is 6.10 Å². The van der Waals surface area contributed by atoms with Crippen LogP contribution in [0.3, 0.4) is 0 Å². The Hall–Kier alpha value is -4.31. The van der Waals surface area contributed by atoms with Crippen LogP contribution >= 0.6 is 0 Å². The zero-order valence-corrected chi connectivity index (χ0v) is 20.4. The fourth-order valence-electron chi connectivity index (χ4n) is 4.39. The van der Waals surface area contributed by atoms with Crippen molar-refractivity contribution >= 4 is 16.9 Å². The highest BCUT2D eigenvalue weighted by Crippen LogP contribution is 2.37. The molecule has 0 spiro atoms. The SMILES string of the molecule is CCOC(=O)C(C)Oc1ccc(-c2ccc(-c3c(Cc4ccccc4)oc4ccccc34)cc2)cc1. The van der Waals surface area contributed by atoms with Gasteiger partial charge in [-0.25, -0.2) is 4.79 Å². The minimum Gasteiger partial charge on any atom is -0.479 e. The van der Waals surface area contributed by atoms with Gasteiger partial charge in [0.1, 0.15) is 17.1 Å². The van der Waals surface area contributed by atoms with Gasteiger partial charge in [-0.05, 0) is 54.3 Å². The van der Waals surface area contributed by atoms with Crippen LogP contribution < -0.4 is 4.74 Å². The maximum atomic E-state index is 11.8. The Kier molecular flexibility index (Phi) is 6.85. The van der Waals surface area contributed by atoms with Crippen LogP contribution in [0.2, 0.25) is 0 Å². The molecule has 4 aromatic carbocycles. The largest absolute Gasteiger partial charge is 0.479 e. The van der Waals surface area contributed by atoms with Gasteiger partial charge in [-0.2, -0.15) is 0 Å².